The van der Waals surface area contributed by atoms with Crippen LogP contribution in [0.1, 0.15) is 17.2 Å². The van der Waals surface area contributed by atoms with Crippen molar-refractivity contribution in [3.8, 4) is 0 Å². The zero-order valence-electron chi connectivity index (χ0n) is 12.2. The fraction of sp³-hybridized carbons (Fsp3) is 0.312. The predicted molar refractivity (Wildman–Crippen MR) is 83.4 cm³/mol. The summed E-state index contributed by atoms with van der Waals surface area (Å²) in [6.45, 7) is 3.39. The molecule has 0 bridgehead atoms. The third kappa shape index (κ3) is 3.29. The Morgan fingerprint density at radius 1 is 1.36 bits per heavy atom. The van der Waals surface area contributed by atoms with Crippen LogP contribution in [0.2, 0.25) is 0 Å². The first-order valence-electron chi connectivity index (χ1n) is 7.32. The topological polar surface area (TPSA) is 71.3 Å². The summed E-state index contributed by atoms with van der Waals surface area (Å²) in [5, 5.41) is 14.3. The van der Waals surface area contributed by atoms with E-state index >= 15 is 0 Å². The maximum absolute atomic E-state index is 10.9. The normalized spacial score (nSPS) is 19.0. The molecule has 114 valence electrons. The van der Waals surface area contributed by atoms with Crippen LogP contribution in [-0.2, 0) is 6.54 Å². The second-order valence-electron chi connectivity index (χ2n) is 5.40. The van der Waals surface area contributed by atoms with E-state index in [0.717, 1.165) is 25.2 Å². The number of nitrogens with one attached hydrogen (secondary N) is 1. The van der Waals surface area contributed by atoms with E-state index in [4.69, 9.17) is 0 Å². The smallest absolute Gasteiger partial charge is 0.269 e. The Kier molecular flexibility index (Phi) is 4.41. The highest BCUT2D eigenvalue weighted by Crippen LogP contribution is 2.24. The van der Waals surface area contributed by atoms with E-state index in [1.54, 1.807) is 18.3 Å². The van der Waals surface area contributed by atoms with Gasteiger partial charge in [-0.15, -0.1) is 0 Å². The molecule has 1 aromatic carbocycles. The molecule has 2 heterocycles. The van der Waals surface area contributed by atoms with Crippen LogP contribution in [0.3, 0.4) is 0 Å². The molecule has 1 saturated heterocycles. The molecule has 0 radical (unpaired) electrons. The van der Waals surface area contributed by atoms with Gasteiger partial charge in [0.2, 0.25) is 0 Å². The molecule has 0 saturated carbocycles. The molecule has 6 heteroatoms. The van der Waals surface area contributed by atoms with Gasteiger partial charge in [0.05, 0.1) is 4.92 Å². The molecule has 0 aliphatic carbocycles. The van der Waals surface area contributed by atoms with Gasteiger partial charge in [0.25, 0.3) is 5.69 Å². The quantitative estimate of drug-likeness (QED) is 0.691. The second-order valence-corrected chi connectivity index (χ2v) is 5.40. The number of nitro groups is 1. The first-order valence-corrected chi connectivity index (χ1v) is 7.32. The third-order valence-corrected chi connectivity index (χ3v) is 3.93. The van der Waals surface area contributed by atoms with Crippen molar-refractivity contribution in [2.45, 2.75) is 12.6 Å². The highest BCUT2D eigenvalue weighted by atomic mass is 16.6. The molecule has 1 fully saturated rings. The fourth-order valence-electron chi connectivity index (χ4n) is 2.84. The van der Waals surface area contributed by atoms with Gasteiger partial charge in [-0.25, -0.2) is 0 Å². The fourth-order valence-corrected chi connectivity index (χ4v) is 2.84. The summed E-state index contributed by atoms with van der Waals surface area (Å²) >= 11 is 0. The van der Waals surface area contributed by atoms with Crippen molar-refractivity contribution >= 4 is 5.69 Å². The molecule has 1 aliphatic rings. The molecule has 1 unspecified atom stereocenters. The van der Waals surface area contributed by atoms with Crippen molar-refractivity contribution < 1.29 is 4.92 Å². The summed E-state index contributed by atoms with van der Waals surface area (Å²) in [5.74, 6) is 0. The van der Waals surface area contributed by atoms with Crippen LogP contribution in [-0.4, -0.2) is 34.4 Å². The summed E-state index contributed by atoms with van der Waals surface area (Å²) in [4.78, 5) is 17.1. The van der Waals surface area contributed by atoms with Crippen LogP contribution in [0, 0.1) is 10.1 Å². The molecule has 0 spiro atoms. The van der Waals surface area contributed by atoms with Gasteiger partial charge in [-0.1, -0.05) is 18.2 Å². The van der Waals surface area contributed by atoms with Gasteiger partial charge in [0.15, 0.2) is 0 Å². The molecule has 6 nitrogen and oxygen atoms in total. The maximum Gasteiger partial charge on any atom is 0.269 e. The molecule has 1 aromatic heterocycles. The molecule has 0 amide bonds. The number of nitro benzene ring substituents is 1. The molecule has 3 rings (SSSR count). The van der Waals surface area contributed by atoms with Crippen LogP contribution >= 0.6 is 0 Å². The monoisotopic (exact) mass is 298 g/mol. The summed E-state index contributed by atoms with van der Waals surface area (Å²) < 4.78 is 0. The minimum Gasteiger partial charge on any atom is -0.314 e. The number of rotatable bonds is 4. The molecular weight excluding hydrogens is 280 g/mol. The van der Waals surface area contributed by atoms with E-state index in [9.17, 15) is 10.1 Å². The van der Waals surface area contributed by atoms with Crippen LogP contribution in [0.15, 0.2) is 48.8 Å². The van der Waals surface area contributed by atoms with Crippen molar-refractivity contribution in [1.82, 2.24) is 15.2 Å². The van der Waals surface area contributed by atoms with Gasteiger partial charge in [-0.3, -0.25) is 20.0 Å². The van der Waals surface area contributed by atoms with Gasteiger partial charge < -0.3 is 5.32 Å². The molecular formula is C16H18N4O2. The predicted octanol–water partition coefficient (Wildman–Crippen LogP) is 2.14. The summed E-state index contributed by atoms with van der Waals surface area (Å²) in [6, 6.07) is 11.1. The van der Waals surface area contributed by atoms with Gasteiger partial charge in [0, 0.05) is 56.7 Å². The first-order chi connectivity index (χ1) is 10.7. The lowest BCUT2D eigenvalue weighted by Gasteiger charge is -2.36. The zero-order valence-corrected chi connectivity index (χ0v) is 12.2. The Bertz CT molecular complexity index is 648. The highest BCUT2D eigenvalue weighted by molar-refractivity contribution is 5.34. The average Bonchev–Trinajstić information content (AvgIpc) is 2.56. The number of aromatic nitrogens is 1. The Labute approximate surface area is 128 Å². The summed E-state index contributed by atoms with van der Waals surface area (Å²) in [7, 11) is 0. The first kappa shape index (κ1) is 14.6. The van der Waals surface area contributed by atoms with E-state index < -0.39 is 0 Å². The molecule has 2 aromatic rings. The standard InChI is InChI=1S/C16H18N4O2/c21-20(22)15-5-1-3-13(9-15)12-19-8-7-18-11-16(19)14-4-2-6-17-10-14/h1-6,9-10,16,18H,7-8,11-12H2. The number of hydrogen-bond donors (Lipinski definition) is 1. The van der Waals surface area contributed by atoms with Crippen LogP contribution in [0.5, 0.6) is 0 Å². The third-order valence-electron chi connectivity index (χ3n) is 3.93. The maximum atomic E-state index is 10.9. The van der Waals surface area contributed by atoms with Crippen molar-refractivity contribution in [3.05, 3.63) is 70.0 Å². The van der Waals surface area contributed by atoms with Crippen LogP contribution in [0.4, 0.5) is 5.69 Å². The lowest BCUT2D eigenvalue weighted by atomic mass is 10.0. The lowest BCUT2D eigenvalue weighted by molar-refractivity contribution is -0.384. The lowest BCUT2D eigenvalue weighted by Crippen LogP contribution is -2.45. The van der Waals surface area contributed by atoms with E-state index in [-0.39, 0.29) is 16.7 Å². The highest BCUT2D eigenvalue weighted by Gasteiger charge is 2.24. The molecule has 1 atom stereocenters. The van der Waals surface area contributed by atoms with E-state index in [1.165, 1.54) is 11.6 Å². The Morgan fingerprint density at radius 2 is 2.27 bits per heavy atom. The zero-order chi connectivity index (χ0) is 15.4. The van der Waals surface area contributed by atoms with Gasteiger partial charge >= 0.3 is 0 Å². The van der Waals surface area contributed by atoms with E-state index in [1.807, 2.05) is 18.3 Å². The SMILES string of the molecule is O=[N+]([O-])c1cccc(CN2CCNCC2c2cccnc2)c1. The number of hydrogen-bond acceptors (Lipinski definition) is 5. The minimum atomic E-state index is -0.347. The Morgan fingerprint density at radius 3 is 3.05 bits per heavy atom. The number of non-ortho nitro benzene ring substituents is 1. The van der Waals surface area contributed by atoms with Crippen molar-refractivity contribution in [2.24, 2.45) is 0 Å². The molecule has 1 N–H and O–H groups in total. The average molecular weight is 298 g/mol. The Balaban J connectivity index is 1.80. The van der Waals surface area contributed by atoms with Crippen LogP contribution in [0.25, 0.3) is 0 Å². The molecule has 1 aliphatic heterocycles. The van der Waals surface area contributed by atoms with Gasteiger partial charge in [-0.05, 0) is 17.2 Å². The summed E-state index contributed by atoms with van der Waals surface area (Å²) in [5.41, 5.74) is 2.27. The number of piperazine rings is 1. The van der Waals surface area contributed by atoms with Crippen molar-refractivity contribution in [2.75, 3.05) is 19.6 Å². The van der Waals surface area contributed by atoms with Crippen molar-refractivity contribution in [3.63, 3.8) is 0 Å². The largest absolute Gasteiger partial charge is 0.314 e. The van der Waals surface area contributed by atoms with Crippen LogP contribution < -0.4 is 5.32 Å². The van der Waals surface area contributed by atoms with E-state index in [2.05, 4.69) is 21.3 Å². The number of pyridine rings is 1. The summed E-state index contributed by atoms with van der Waals surface area (Å²) in [6.07, 6.45) is 3.66. The molecule has 22 heavy (non-hydrogen) atoms. The number of benzene rings is 1. The van der Waals surface area contributed by atoms with E-state index in [0.29, 0.717) is 6.54 Å². The van der Waals surface area contributed by atoms with Crippen molar-refractivity contribution in [1.29, 1.82) is 0 Å². The Hall–Kier alpha value is -2.31. The van der Waals surface area contributed by atoms with Gasteiger partial charge in [0.1, 0.15) is 0 Å². The minimum absolute atomic E-state index is 0.144. The van der Waals surface area contributed by atoms with Gasteiger partial charge in [-0.2, -0.15) is 0 Å². The number of nitrogens with zero attached hydrogens (tertiary/aromatic N) is 3. The second kappa shape index (κ2) is 6.64.